The van der Waals surface area contributed by atoms with E-state index in [9.17, 15) is 14.7 Å². The maximum absolute atomic E-state index is 11.8. The molecule has 1 fully saturated rings. The number of β-amino-alcohol motifs (C(OH)–C–C–N with tert-alkyl or cyclic N) is 1. The summed E-state index contributed by atoms with van der Waals surface area (Å²) in [5.74, 6) is -0.379. The van der Waals surface area contributed by atoms with Gasteiger partial charge in [-0.25, -0.2) is 4.79 Å². The van der Waals surface area contributed by atoms with Crippen LogP contribution in [0, 0.1) is 0 Å². The lowest BCUT2D eigenvalue weighted by Crippen LogP contribution is -2.55. The van der Waals surface area contributed by atoms with Gasteiger partial charge in [-0.2, -0.15) is 0 Å². The predicted octanol–water partition coefficient (Wildman–Crippen LogP) is -0.0790. The third kappa shape index (κ3) is 5.02. The lowest BCUT2D eigenvalue weighted by Gasteiger charge is -2.38. The van der Waals surface area contributed by atoms with E-state index in [4.69, 9.17) is 5.73 Å². The summed E-state index contributed by atoms with van der Waals surface area (Å²) in [5, 5.41) is 12.4. The Morgan fingerprint density at radius 3 is 2.39 bits per heavy atom. The fourth-order valence-electron chi connectivity index (χ4n) is 2.75. The average molecular weight is 320 g/mol. The molecule has 0 aromatic heterocycles. The van der Waals surface area contributed by atoms with Crippen molar-refractivity contribution in [1.82, 2.24) is 15.1 Å². The van der Waals surface area contributed by atoms with Crippen molar-refractivity contribution in [3.63, 3.8) is 0 Å². The molecule has 1 aliphatic heterocycles. The highest BCUT2D eigenvalue weighted by atomic mass is 16.3. The molecule has 2 rings (SSSR count). The molecule has 7 nitrogen and oxygen atoms in total. The molecule has 1 saturated heterocycles. The van der Waals surface area contributed by atoms with Crippen LogP contribution in [0.25, 0.3) is 0 Å². The molecule has 0 unspecified atom stereocenters. The number of nitrogens with zero attached hydrogens (tertiary/aromatic N) is 2. The van der Waals surface area contributed by atoms with Crippen molar-refractivity contribution in [3.8, 4) is 0 Å². The van der Waals surface area contributed by atoms with E-state index in [-0.39, 0.29) is 5.91 Å². The standard InChI is InChI=1S/C16H24N4O3/c1-12(15(22)18-16(17)23)20-9-7-19(8-10-20)11-14(21)13-5-3-2-4-6-13/h2-6,12,14,21H,7-11H2,1H3,(H3,17,18,22,23)/t12-,14+/m0/s1. The molecule has 1 aromatic rings. The molecule has 0 bridgehead atoms. The average Bonchev–Trinajstić information content (AvgIpc) is 2.55. The van der Waals surface area contributed by atoms with Gasteiger partial charge in [-0.15, -0.1) is 0 Å². The molecule has 2 atom stereocenters. The van der Waals surface area contributed by atoms with Gasteiger partial charge in [0.05, 0.1) is 12.1 Å². The minimum Gasteiger partial charge on any atom is -0.387 e. The van der Waals surface area contributed by atoms with Gasteiger partial charge in [-0.1, -0.05) is 30.3 Å². The van der Waals surface area contributed by atoms with E-state index in [2.05, 4.69) is 10.2 Å². The highest BCUT2D eigenvalue weighted by molar-refractivity contribution is 5.96. The molecule has 7 heteroatoms. The van der Waals surface area contributed by atoms with Crippen molar-refractivity contribution in [1.29, 1.82) is 0 Å². The van der Waals surface area contributed by atoms with Crippen LogP contribution in [0.1, 0.15) is 18.6 Å². The topological polar surface area (TPSA) is 98.9 Å². The lowest BCUT2D eigenvalue weighted by atomic mass is 10.1. The largest absolute Gasteiger partial charge is 0.387 e. The number of urea groups is 1. The number of carbonyl (C=O) groups excluding carboxylic acids is 2. The monoisotopic (exact) mass is 320 g/mol. The van der Waals surface area contributed by atoms with Gasteiger partial charge in [-0.3, -0.25) is 19.9 Å². The number of nitrogens with one attached hydrogen (secondary N) is 1. The highest BCUT2D eigenvalue weighted by Gasteiger charge is 2.26. The fraction of sp³-hybridized carbons (Fsp3) is 0.500. The van der Waals surface area contributed by atoms with E-state index in [1.54, 1.807) is 6.92 Å². The number of nitrogens with two attached hydrogens (primary N) is 1. The summed E-state index contributed by atoms with van der Waals surface area (Å²) >= 11 is 0. The molecule has 126 valence electrons. The van der Waals surface area contributed by atoms with Gasteiger partial charge in [0, 0.05) is 32.7 Å². The van der Waals surface area contributed by atoms with Gasteiger partial charge >= 0.3 is 6.03 Å². The lowest BCUT2D eigenvalue weighted by molar-refractivity contribution is -0.125. The second-order valence-corrected chi connectivity index (χ2v) is 5.79. The van der Waals surface area contributed by atoms with Crippen LogP contribution in [0.3, 0.4) is 0 Å². The number of rotatable bonds is 5. The van der Waals surface area contributed by atoms with E-state index < -0.39 is 18.2 Å². The summed E-state index contributed by atoms with van der Waals surface area (Å²) in [5.41, 5.74) is 5.87. The van der Waals surface area contributed by atoms with Gasteiger partial charge < -0.3 is 10.8 Å². The third-order valence-corrected chi connectivity index (χ3v) is 4.20. The molecule has 4 N–H and O–H groups in total. The molecule has 0 saturated carbocycles. The maximum Gasteiger partial charge on any atom is 0.318 e. The number of carbonyl (C=O) groups is 2. The smallest absolute Gasteiger partial charge is 0.318 e. The van der Waals surface area contributed by atoms with Crippen molar-refractivity contribution in [2.45, 2.75) is 19.1 Å². The first kappa shape index (κ1) is 17.4. The number of aliphatic hydroxyl groups is 1. The van der Waals surface area contributed by atoms with Gasteiger partial charge in [0.2, 0.25) is 5.91 Å². The van der Waals surface area contributed by atoms with Crippen LogP contribution in [0.4, 0.5) is 4.79 Å². The Morgan fingerprint density at radius 2 is 1.83 bits per heavy atom. The Labute approximate surface area is 136 Å². The first-order chi connectivity index (χ1) is 11.0. The van der Waals surface area contributed by atoms with Crippen molar-refractivity contribution in [3.05, 3.63) is 35.9 Å². The Balaban J connectivity index is 1.79. The van der Waals surface area contributed by atoms with Crippen LogP contribution in [-0.2, 0) is 4.79 Å². The van der Waals surface area contributed by atoms with Crippen LogP contribution in [-0.4, -0.2) is 65.6 Å². The fourth-order valence-corrected chi connectivity index (χ4v) is 2.75. The number of imide groups is 1. The Hall–Kier alpha value is -1.96. The van der Waals surface area contributed by atoms with E-state index in [0.29, 0.717) is 19.6 Å². The molecular formula is C16H24N4O3. The third-order valence-electron chi connectivity index (χ3n) is 4.20. The highest BCUT2D eigenvalue weighted by Crippen LogP contribution is 2.15. The summed E-state index contributed by atoms with van der Waals surface area (Å²) in [6.45, 7) is 5.26. The summed E-state index contributed by atoms with van der Waals surface area (Å²) in [4.78, 5) is 26.7. The van der Waals surface area contributed by atoms with Crippen molar-refractivity contribution in [2.75, 3.05) is 32.7 Å². The summed E-state index contributed by atoms with van der Waals surface area (Å²) in [6, 6.07) is 8.35. The number of benzene rings is 1. The van der Waals surface area contributed by atoms with Crippen molar-refractivity contribution < 1.29 is 14.7 Å². The molecule has 23 heavy (non-hydrogen) atoms. The molecule has 3 amide bonds. The van der Waals surface area contributed by atoms with Crippen LogP contribution >= 0.6 is 0 Å². The summed E-state index contributed by atoms with van der Waals surface area (Å²) < 4.78 is 0. The quantitative estimate of drug-likeness (QED) is 0.705. The second-order valence-electron chi connectivity index (χ2n) is 5.79. The number of hydrogen-bond acceptors (Lipinski definition) is 5. The minimum absolute atomic E-state index is 0.379. The van der Waals surface area contributed by atoms with Gasteiger partial charge in [0.15, 0.2) is 0 Å². The number of hydrogen-bond donors (Lipinski definition) is 3. The zero-order valence-corrected chi connectivity index (χ0v) is 13.3. The molecule has 0 radical (unpaired) electrons. The molecule has 0 spiro atoms. The van der Waals surface area contributed by atoms with Gasteiger partial charge in [0.1, 0.15) is 0 Å². The summed E-state index contributed by atoms with van der Waals surface area (Å²) in [6.07, 6.45) is -0.515. The van der Waals surface area contributed by atoms with E-state index >= 15 is 0 Å². The Morgan fingerprint density at radius 1 is 1.22 bits per heavy atom. The van der Waals surface area contributed by atoms with E-state index in [1.165, 1.54) is 0 Å². The zero-order valence-electron chi connectivity index (χ0n) is 13.3. The maximum atomic E-state index is 11.8. The van der Waals surface area contributed by atoms with Crippen molar-refractivity contribution >= 4 is 11.9 Å². The Kier molecular flexibility index (Phi) is 6.09. The normalized spacial score (nSPS) is 19.0. The number of primary amides is 1. The second kappa shape index (κ2) is 8.05. The van der Waals surface area contributed by atoms with Crippen LogP contribution in [0.2, 0.25) is 0 Å². The first-order valence-corrected chi connectivity index (χ1v) is 7.77. The zero-order chi connectivity index (χ0) is 16.8. The number of amides is 3. The molecule has 1 aromatic carbocycles. The predicted molar refractivity (Wildman–Crippen MR) is 86.6 cm³/mol. The SMILES string of the molecule is C[C@@H](C(=O)NC(N)=O)N1CCN(C[C@@H](O)c2ccccc2)CC1. The van der Waals surface area contributed by atoms with Crippen LogP contribution in [0.5, 0.6) is 0 Å². The van der Waals surface area contributed by atoms with Crippen LogP contribution < -0.4 is 11.1 Å². The number of aliphatic hydroxyl groups excluding tert-OH is 1. The molecule has 1 heterocycles. The van der Waals surface area contributed by atoms with Gasteiger partial charge in [0.25, 0.3) is 0 Å². The summed E-state index contributed by atoms with van der Waals surface area (Å²) in [7, 11) is 0. The van der Waals surface area contributed by atoms with Crippen LogP contribution in [0.15, 0.2) is 30.3 Å². The molecule has 1 aliphatic rings. The molecular weight excluding hydrogens is 296 g/mol. The minimum atomic E-state index is -0.827. The van der Waals surface area contributed by atoms with E-state index in [0.717, 1.165) is 18.7 Å². The number of piperazine rings is 1. The van der Waals surface area contributed by atoms with Crippen molar-refractivity contribution in [2.24, 2.45) is 5.73 Å². The van der Waals surface area contributed by atoms with Gasteiger partial charge in [-0.05, 0) is 12.5 Å². The van der Waals surface area contributed by atoms with E-state index in [1.807, 2.05) is 35.2 Å². The Bertz CT molecular complexity index is 529. The molecule has 0 aliphatic carbocycles. The first-order valence-electron chi connectivity index (χ1n) is 7.77.